The van der Waals surface area contributed by atoms with Gasteiger partial charge in [-0.1, -0.05) is 18.2 Å². The molecule has 2 amide bonds. The number of hydrogen-bond acceptors (Lipinski definition) is 6. The molecule has 4 rings (SSSR count). The Balaban J connectivity index is 1.64. The number of rotatable bonds is 5. The maximum absolute atomic E-state index is 13.3. The molecule has 212 valence electrons. The van der Waals surface area contributed by atoms with Crippen LogP contribution in [0.5, 0.6) is 0 Å². The Hall–Kier alpha value is -3.17. The largest absolute Gasteiger partial charge is 0.430 e. The molecule has 8 nitrogen and oxygen atoms in total. The number of anilines is 1. The first-order chi connectivity index (χ1) is 17.8. The summed E-state index contributed by atoms with van der Waals surface area (Å²) in [5, 5.41) is 21.5. The highest BCUT2D eigenvalue weighted by atomic mass is 32.2. The first-order valence-corrected chi connectivity index (χ1v) is 13.3. The Kier molecular flexibility index (Phi) is 7.01. The zero-order valence-corrected chi connectivity index (χ0v) is 20.9. The SMILES string of the molecule is CS(=O)(=O)c1ccc2c(c1)CN(C(=O)[C@H]1C[C@@H](O)C1)C2C(=O)Nc1ccc(C(O)(C(F)(F)F)C(F)(F)F)cc1. The zero-order chi connectivity index (χ0) is 29.1. The lowest BCUT2D eigenvalue weighted by molar-refractivity contribution is -0.376. The predicted octanol–water partition coefficient (Wildman–Crippen LogP) is 3.20. The van der Waals surface area contributed by atoms with Gasteiger partial charge in [0.2, 0.25) is 5.91 Å². The van der Waals surface area contributed by atoms with Crippen molar-refractivity contribution in [1.82, 2.24) is 4.90 Å². The normalized spacial score (nSPS) is 21.8. The molecule has 15 heteroatoms. The van der Waals surface area contributed by atoms with Crippen molar-refractivity contribution < 1.29 is 54.6 Å². The van der Waals surface area contributed by atoms with Crippen LogP contribution in [0.1, 0.15) is 35.6 Å². The molecule has 1 aliphatic carbocycles. The number of benzene rings is 2. The molecule has 0 aromatic heterocycles. The fourth-order valence-electron chi connectivity index (χ4n) is 4.66. The monoisotopic (exact) mass is 580 g/mol. The Morgan fingerprint density at radius 3 is 2.03 bits per heavy atom. The highest BCUT2D eigenvalue weighted by molar-refractivity contribution is 7.90. The van der Waals surface area contributed by atoms with E-state index in [1.54, 1.807) is 0 Å². The van der Waals surface area contributed by atoms with Gasteiger partial charge in [0, 0.05) is 30.0 Å². The first-order valence-electron chi connectivity index (χ1n) is 11.4. The van der Waals surface area contributed by atoms with E-state index < -0.39 is 63.2 Å². The number of aliphatic hydroxyl groups excluding tert-OH is 1. The van der Waals surface area contributed by atoms with Crippen LogP contribution in [-0.4, -0.2) is 60.1 Å². The summed E-state index contributed by atoms with van der Waals surface area (Å²) in [4.78, 5) is 27.5. The van der Waals surface area contributed by atoms with Crippen molar-refractivity contribution in [2.75, 3.05) is 11.6 Å². The summed E-state index contributed by atoms with van der Waals surface area (Å²) in [5.74, 6) is -1.92. The molecule has 2 aromatic carbocycles. The molecule has 2 aliphatic rings. The Morgan fingerprint density at radius 1 is 0.974 bits per heavy atom. The van der Waals surface area contributed by atoms with Crippen molar-refractivity contribution in [2.45, 2.75) is 54.4 Å². The lowest BCUT2D eigenvalue weighted by Crippen LogP contribution is -2.53. The molecule has 2 aromatic rings. The Bertz CT molecular complexity index is 1390. The third-order valence-corrected chi connectivity index (χ3v) is 7.98. The van der Waals surface area contributed by atoms with Crippen LogP contribution in [0, 0.1) is 5.92 Å². The van der Waals surface area contributed by atoms with Crippen molar-refractivity contribution in [3.8, 4) is 0 Å². The van der Waals surface area contributed by atoms with Gasteiger partial charge >= 0.3 is 12.4 Å². The van der Waals surface area contributed by atoms with E-state index in [4.69, 9.17) is 0 Å². The number of nitrogens with zero attached hydrogens (tertiary/aromatic N) is 1. The van der Waals surface area contributed by atoms with Gasteiger partial charge in [0.15, 0.2) is 9.84 Å². The fraction of sp³-hybridized carbons (Fsp3) is 0.417. The number of nitrogens with one attached hydrogen (secondary N) is 1. The average molecular weight is 581 g/mol. The minimum absolute atomic E-state index is 0.0498. The molecule has 0 saturated heterocycles. The maximum Gasteiger partial charge on any atom is 0.430 e. The molecule has 1 unspecified atom stereocenters. The van der Waals surface area contributed by atoms with Gasteiger partial charge < -0.3 is 20.4 Å². The van der Waals surface area contributed by atoms with Gasteiger partial charge in [-0.25, -0.2) is 8.42 Å². The third-order valence-electron chi connectivity index (χ3n) is 6.87. The second-order valence-electron chi connectivity index (χ2n) is 9.60. The van der Waals surface area contributed by atoms with Crippen LogP contribution in [0.4, 0.5) is 32.0 Å². The average Bonchev–Trinajstić information content (AvgIpc) is 3.18. The summed E-state index contributed by atoms with van der Waals surface area (Å²) in [6.45, 7) is -0.134. The minimum atomic E-state index is -6.08. The Labute approximate surface area is 218 Å². The standard InChI is InChI=1S/C24H22F6N2O6S/c1-39(37,38)17-6-7-18-13(10-17)11-32(21(35)12-8-16(33)9-12)19(18)20(34)31-15-4-2-14(3-5-15)22(36,23(25,26)27)24(28,29)30/h2-7,10,12,16,19,33,36H,8-9,11H2,1H3,(H,31,34)/t12-,16+,19?. The summed E-state index contributed by atoms with van der Waals surface area (Å²) in [6.07, 6.45) is -11.5. The Morgan fingerprint density at radius 2 is 1.54 bits per heavy atom. The number of fused-ring (bicyclic) bond motifs is 1. The van der Waals surface area contributed by atoms with Crippen LogP contribution in [0.2, 0.25) is 0 Å². The highest BCUT2D eigenvalue weighted by Crippen LogP contribution is 2.50. The van der Waals surface area contributed by atoms with Gasteiger partial charge in [-0.2, -0.15) is 26.3 Å². The van der Waals surface area contributed by atoms with E-state index >= 15 is 0 Å². The summed E-state index contributed by atoms with van der Waals surface area (Å²) >= 11 is 0. The number of hydrogen-bond donors (Lipinski definition) is 3. The summed E-state index contributed by atoms with van der Waals surface area (Å²) in [5.41, 5.74) is -6.22. The molecule has 3 N–H and O–H groups in total. The van der Waals surface area contributed by atoms with Crippen LogP contribution >= 0.6 is 0 Å². The number of sulfone groups is 1. The summed E-state index contributed by atoms with van der Waals surface area (Å²) < 4.78 is 103. The topological polar surface area (TPSA) is 124 Å². The molecular weight excluding hydrogens is 558 g/mol. The van der Waals surface area contributed by atoms with E-state index in [1.165, 1.54) is 23.1 Å². The van der Waals surface area contributed by atoms with Crippen molar-refractivity contribution in [2.24, 2.45) is 5.92 Å². The quantitative estimate of drug-likeness (QED) is 0.467. The van der Waals surface area contributed by atoms with Gasteiger partial charge in [0.1, 0.15) is 6.04 Å². The maximum atomic E-state index is 13.3. The second-order valence-corrected chi connectivity index (χ2v) is 11.6. The van der Waals surface area contributed by atoms with E-state index in [1.807, 2.05) is 0 Å². The molecule has 0 spiro atoms. The van der Waals surface area contributed by atoms with Crippen molar-refractivity contribution >= 4 is 27.3 Å². The molecule has 1 heterocycles. The van der Waals surface area contributed by atoms with Crippen LogP contribution in [0.3, 0.4) is 0 Å². The van der Waals surface area contributed by atoms with E-state index in [0.29, 0.717) is 17.7 Å². The van der Waals surface area contributed by atoms with Gasteiger partial charge in [-0.3, -0.25) is 9.59 Å². The molecule has 1 saturated carbocycles. The number of alkyl halides is 6. The lowest BCUT2D eigenvalue weighted by atomic mass is 9.81. The lowest BCUT2D eigenvalue weighted by Gasteiger charge is -2.35. The second kappa shape index (κ2) is 9.48. The smallest absolute Gasteiger partial charge is 0.393 e. The van der Waals surface area contributed by atoms with E-state index in [-0.39, 0.29) is 35.5 Å². The van der Waals surface area contributed by atoms with Crippen LogP contribution < -0.4 is 5.32 Å². The van der Waals surface area contributed by atoms with E-state index in [9.17, 15) is 54.6 Å². The van der Waals surface area contributed by atoms with Crippen molar-refractivity contribution in [1.29, 1.82) is 0 Å². The summed E-state index contributed by atoms with van der Waals surface area (Å²) in [7, 11) is -3.62. The van der Waals surface area contributed by atoms with Crippen LogP contribution in [0.25, 0.3) is 0 Å². The molecule has 0 radical (unpaired) electrons. The number of aliphatic hydroxyl groups is 2. The van der Waals surface area contributed by atoms with E-state index in [2.05, 4.69) is 5.32 Å². The third kappa shape index (κ3) is 5.10. The molecule has 1 atom stereocenters. The molecule has 1 aliphatic heterocycles. The molecule has 1 fully saturated rings. The number of carbonyl (C=O) groups excluding carboxylic acids is 2. The van der Waals surface area contributed by atoms with Crippen LogP contribution in [-0.2, 0) is 31.6 Å². The fourth-order valence-corrected chi connectivity index (χ4v) is 5.34. The molecule has 39 heavy (non-hydrogen) atoms. The van der Waals surface area contributed by atoms with Gasteiger partial charge in [-0.05, 0) is 48.2 Å². The number of halogens is 6. The number of amides is 2. The predicted molar refractivity (Wildman–Crippen MR) is 123 cm³/mol. The highest BCUT2D eigenvalue weighted by Gasteiger charge is 2.71. The van der Waals surface area contributed by atoms with Gasteiger partial charge in [0.05, 0.1) is 11.0 Å². The minimum Gasteiger partial charge on any atom is -0.393 e. The number of carbonyl (C=O) groups is 2. The van der Waals surface area contributed by atoms with Crippen LogP contribution in [0.15, 0.2) is 47.4 Å². The van der Waals surface area contributed by atoms with Crippen molar-refractivity contribution in [3.63, 3.8) is 0 Å². The van der Waals surface area contributed by atoms with Crippen molar-refractivity contribution in [3.05, 3.63) is 59.2 Å². The van der Waals surface area contributed by atoms with E-state index in [0.717, 1.165) is 18.4 Å². The first kappa shape index (κ1) is 28.8. The molecular formula is C24H22F6N2O6S. The van der Waals surface area contributed by atoms with Gasteiger partial charge in [-0.15, -0.1) is 0 Å². The zero-order valence-electron chi connectivity index (χ0n) is 20.0. The van der Waals surface area contributed by atoms with Gasteiger partial charge in [0.25, 0.3) is 11.5 Å². The molecule has 0 bridgehead atoms. The summed E-state index contributed by atoms with van der Waals surface area (Å²) in [6, 6.07) is 4.86.